The van der Waals surface area contributed by atoms with Crippen LogP contribution in [0.15, 0.2) is 24.3 Å². The number of carbonyl (C=O) groups excluding carboxylic acids is 2. The maximum absolute atomic E-state index is 12.5. The summed E-state index contributed by atoms with van der Waals surface area (Å²) in [6.45, 7) is 7.68. The van der Waals surface area contributed by atoms with Crippen LogP contribution in [0.2, 0.25) is 0 Å². The molecule has 3 rings (SSSR count). The fraction of sp³-hybridized carbons (Fsp3) is 0.556. The van der Waals surface area contributed by atoms with Gasteiger partial charge in [-0.2, -0.15) is 0 Å². The number of anilines is 1. The molecule has 0 aromatic heterocycles. The zero-order chi connectivity index (χ0) is 17.8. The highest BCUT2D eigenvalue weighted by atomic mass is 16.3. The summed E-state index contributed by atoms with van der Waals surface area (Å²) >= 11 is 0. The van der Waals surface area contributed by atoms with Gasteiger partial charge < -0.3 is 19.8 Å². The van der Waals surface area contributed by atoms with Gasteiger partial charge in [0.05, 0.1) is 12.2 Å². The Hall–Kier alpha value is -2.28. The van der Waals surface area contributed by atoms with E-state index >= 15 is 0 Å². The van der Waals surface area contributed by atoms with E-state index in [2.05, 4.69) is 9.80 Å². The molecule has 0 atom stereocenters. The van der Waals surface area contributed by atoms with E-state index in [0.29, 0.717) is 38.5 Å². The van der Waals surface area contributed by atoms with Gasteiger partial charge in [0.25, 0.3) is 0 Å². The second-order valence-corrected chi connectivity index (χ2v) is 6.64. The van der Waals surface area contributed by atoms with E-state index < -0.39 is 0 Å². The monoisotopic (exact) mass is 346 g/mol. The molecule has 25 heavy (non-hydrogen) atoms. The number of hydrogen-bond acceptors (Lipinski definition) is 5. The third-order valence-corrected chi connectivity index (χ3v) is 5.03. The van der Waals surface area contributed by atoms with Crippen LogP contribution in [-0.4, -0.2) is 90.5 Å². The SMILES string of the molecule is CC(=O)N1CCN(C(=O)CN2CCN(c3ccccc3O)CC2)CC1. The van der Waals surface area contributed by atoms with E-state index in [1.807, 2.05) is 23.1 Å². The van der Waals surface area contributed by atoms with E-state index in [-0.39, 0.29) is 11.8 Å². The lowest BCUT2D eigenvalue weighted by atomic mass is 10.2. The molecule has 2 fully saturated rings. The Labute approximate surface area is 148 Å². The zero-order valence-electron chi connectivity index (χ0n) is 14.7. The quantitative estimate of drug-likeness (QED) is 0.847. The van der Waals surface area contributed by atoms with E-state index in [0.717, 1.165) is 31.9 Å². The number of benzene rings is 1. The molecule has 2 aliphatic rings. The van der Waals surface area contributed by atoms with Crippen LogP contribution in [0.5, 0.6) is 5.75 Å². The van der Waals surface area contributed by atoms with Crippen molar-refractivity contribution in [1.82, 2.24) is 14.7 Å². The molecule has 0 radical (unpaired) electrons. The average Bonchev–Trinajstić information content (AvgIpc) is 2.63. The first-order valence-corrected chi connectivity index (χ1v) is 8.83. The van der Waals surface area contributed by atoms with Gasteiger partial charge in [-0.3, -0.25) is 14.5 Å². The minimum atomic E-state index is 0.0763. The summed E-state index contributed by atoms with van der Waals surface area (Å²) in [7, 11) is 0. The van der Waals surface area contributed by atoms with Gasteiger partial charge >= 0.3 is 0 Å². The van der Waals surface area contributed by atoms with Crippen molar-refractivity contribution < 1.29 is 14.7 Å². The van der Waals surface area contributed by atoms with Crippen LogP contribution in [0, 0.1) is 0 Å². The highest BCUT2D eigenvalue weighted by Crippen LogP contribution is 2.27. The number of phenolic OH excluding ortho intramolecular Hbond substituents is 1. The van der Waals surface area contributed by atoms with Crippen LogP contribution in [0.3, 0.4) is 0 Å². The summed E-state index contributed by atoms with van der Waals surface area (Å²) in [5.74, 6) is 0.516. The summed E-state index contributed by atoms with van der Waals surface area (Å²) < 4.78 is 0. The van der Waals surface area contributed by atoms with Gasteiger partial charge in [-0.05, 0) is 12.1 Å². The van der Waals surface area contributed by atoms with Crippen LogP contribution < -0.4 is 4.90 Å². The molecule has 2 saturated heterocycles. The highest BCUT2D eigenvalue weighted by Gasteiger charge is 2.25. The Bertz CT molecular complexity index is 621. The third kappa shape index (κ3) is 4.22. The first kappa shape index (κ1) is 17.5. The second kappa shape index (κ2) is 7.74. The van der Waals surface area contributed by atoms with Gasteiger partial charge in [0, 0.05) is 59.3 Å². The fourth-order valence-electron chi connectivity index (χ4n) is 3.44. The van der Waals surface area contributed by atoms with Gasteiger partial charge in [-0.25, -0.2) is 0 Å². The smallest absolute Gasteiger partial charge is 0.236 e. The number of rotatable bonds is 3. The van der Waals surface area contributed by atoms with Crippen LogP contribution >= 0.6 is 0 Å². The fourth-order valence-corrected chi connectivity index (χ4v) is 3.44. The molecular formula is C18H26N4O3. The topological polar surface area (TPSA) is 67.3 Å². The second-order valence-electron chi connectivity index (χ2n) is 6.64. The van der Waals surface area contributed by atoms with Crippen LogP contribution in [0.1, 0.15) is 6.92 Å². The summed E-state index contributed by atoms with van der Waals surface area (Å²) in [6.07, 6.45) is 0. The van der Waals surface area contributed by atoms with Crippen molar-refractivity contribution in [3.63, 3.8) is 0 Å². The molecule has 1 aromatic carbocycles. The molecular weight excluding hydrogens is 320 g/mol. The van der Waals surface area contributed by atoms with Gasteiger partial charge in [0.15, 0.2) is 0 Å². The first-order valence-electron chi connectivity index (χ1n) is 8.83. The lowest BCUT2D eigenvalue weighted by molar-refractivity contribution is -0.139. The molecule has 1 aromatic rings. The van der Waals surface area contributed by atoms with Gasteiger partial charge in [-0.15, -0.1) is 0 Å². The molecule has 2 heterocycles. The van der Waals surface area contributed by atoms with Crippen molar-refractivity contribution in [2.24, 2.45) is 0 Å². The first-order chi connectivity index (χ1) is 12.0. The summed E-state index contributed by atoms with van der Waals surface area (Å²) in [5, 5.41) is 9.96. The molecule has 1 N–H and O–H groups in total. The van der Waals surface area contributed by atoms with Crippen LogP contribution in [0.25, 0.3) is 0 Å². The Morgan fingerprint density at radius 1 is 0.920 bits per heavy atom. The van der Waals surface area contributed by atoms with Gasteiger partial charge in [-0.1, -0.05) is 12.1 Å². The molecule has 0 unspecified atom stereocenters. The molecule has 2 amide bonds. The molecule has 0 saturated carbocycles. The Balaban J connectivity index is 1.45. The lowest BCUT2D eigenvalue weighted by Gasteiger charge is -2.38. The van der Waals surface area contributed by atoms with Crippen molar-refractivity contribution in [3.05, 3.63) is 24.3 Å². The molecule has 136 valence electrons. The van der Waals surface area contributed by atoms with Crippen LogP contribution in [0.4, 0.5) is 5.69 Å². The van der Waals surface area contributed by atoms with E-state index in [1.165, 1.54) is 0 Å². The maximum Gasteiger partial charge on any atom is 0.236 e. The normalized spacial score (nSPS) is 19.2. The molecule has 0 bridgehead atoms. The Morgan fingerprint density at radius 3 is 2.12 bits per heavy atom. The van der Waals surface area contributed by atoms with E-state index in [9.17, 15) is 14.7 Å². The predicted molar refractivity (Wildman–Crippen MR) is 95.6 cm³/mol. The van der Waals surface area contributed by atoms with Crippen molar-refractivity contribution in [1.29, 1.82) is 0 Å². The van der Waals surface area contributed by atoms with Gasteiger partial charge in [0.2, 0.25) is 11.8 Å². The van der Waals surface area contributed by atoms with E-state index in [1.54, 1.807) is 17.9 Å². The Morgan fingerprint density at radius 2 is 1.52 bits per heavy atom. The lowest BCUT2D eigenvalue weighted by Crippen LogP contribution is -2.54. The Kier molecular flexibility index (Phi) is 5.43. The molecule has 7 nitrogen and oxygen atoms in total. The largest absolute Gasteiger partial charge is 0.506 e. The summed E-state index contributed by atoms with van der Waals surface area (Å²) in [4.78, 5) is 31.8. The van der Waals surface area contributed by atoms with Crippen molar-refractivity contribution >= 4 is 17.5 Å². The predicted octanol–water partition coefficient (Wildman–Crippen LogP) is 0.205. The van der Waals surface area contributed by atoms with Crippen molar-refractivity contribution in [2.75, 3.05) is 63.8 Å². The average molecular weight is 346 g/mol. The van der Waals surface area contributed by atoms with Crippen molar-refractivity contribution in [2.45, 2.75) is 6.92 Å². The maximum atomic E-state index is 12.5. The number of hydrogen-bond donors (Lipinski definition) is 1. The molecule has 7 heteroatoms. The number of amides is 2. The number of para-hydroxylation sites is 2. The standard InChI is InChI=1S/C18H26N4O3/c1-15(23)20-10-12-22(13-11-20)18(25)14-19-6-8-21(9-7-19)16-4-2-3-5-17(16)24/h2-5,24H,6-14H2,1H3. The van der Waals surface area contributed by atoms with Crippen molar-refractivity contribution in [3.8, 4) is 5.75 Å². The molecule has 0 aliphatic carbocycles. The number of aromatic hydroxyl groups is 1. The number of nitrogens with zero attached hydrogens (tertiary/aromatic N) is 4. The van der Waals surface area contributed by atoms with Gasteiger partial charge in [0.1, 0.15) is 5.75 Å². The summed E-state index contributed by atoms with van der Waals surface area (Å²) in [5.41, 5.74) is 0.855. The third-order valence-electron chi connectivity index (χ3n) is 5.03. The minimum absolute atomic E-state index is 0.0763. The number of phenols is 1. The molecule has 0 spiro atoms. The number of piperazine rings is 2. The highest BCUT2D eigenvalue weighted by molar-refractivity contribution is 5.79. The summed E-state index contributed by atoms with van der Waals surface area (Å²) in [6, 6.07) is 7.36. The number of carbonyl (C=O) groups is 2. The minimum Gasteiger partial charge on any atom is -0.506 e. The van der Waals surface area contributed by atoms with E-state index in [4.69, 9.17) is 0 Å². The zero-order valence-corrected chi connectivity index (χ0v) is 14.7. The molecule has 2 aliphatic heterocycles. The van der Waals surface area contributed by atoms with Crippen LogP contribution in [-0.2, 0) is 9.59 Å².